The molecule has 0 saturated heterocycles. The molecule has 0 aliphatic carbocycles. The van der Waals surface area contributed by atoms with Crippen LogP contribution in [0.3, 0.4) is 0 Å². The van der Waals surface area contributed by atoms with Crippen LogP contribution in [0.25, 0.3) is 10.8 Å². The van der Waals surface area contributed by atoms with Crippen molar-refractivity contribution in [3.8, 4) is 11.5 Å². The summed E-state index contributed by atoms with van der Waals surface area (Å²) in [6.45, 7) is 6.51. The molecule has 2 rings (SSSR count). The number of rotatable bonds is 8. The summed E-state index contributed by atoms with van der Waals surface area (Å²) in [7, 11) is 0. The Balaban J connectivity index is 2.23. The molecule has 0 unspecified atom stereocenters. The monoisotopic (exact) mass is 370 g/mol. The highest BCUT2D eigenvalue weighted by Gasteiger charge is 2.11. The topological polar surface area (TPSA) is 71.1 Å². The molecule has 0 amide bonds. The van der Waals surface area contributed by atoms with Gasteiger partial charge in [-0.05, 0) is 18.2 Å². The Kier molecular flexibility index (Phi) is 6.90. The highest BCUT2D eigenvalue weighted by atomic mass is 19.1. The van der Waals surface area contributed by atoms with Crippen LogP contribution < -0.4 is 9.47 Å². The van der Waals surface area contributed by atoms with Gasteiger partial charge in [0.25, 0.3) is 0 Å². The molecule has 0 aliphatic heterocycles. The van der Waals surface area contributed by atoms with E-state index in [1.54, 1.807) is 12.1 Å². The van der Waals surface area contributed by atoms with E-state index in [-0.39, 0.29) is 11.1 Å². The van der Waals surface area contributed by atoms with Gasteiger partial charge in [-0.3, -0.25) is 0 Å². The molecule has 0 spiro atoms. The third kappa shape index (κ3) is 5.30. The maximum Gasteiger partial charge on any atom is 0.335 e. The SMILES string of the molecule is C=CC(=O)OC=COc1ccc(F)c2c(OC=COC(=O)C=C)cccc12. The normalized spacial score (nSPS) is 10.7. The molecule has 0 atom stereocenters. The van der Waals surface area contributed by atoms with Crippen molar-refractivity contribution in [3.63, 3.8) is 0 Å². The zero-order valence-electron chi connectivity index (χ0n) is 14.1. The zero-order valence-corrected chi connectivity index (χ0v) is 14.1. The van der Waals surface area contributed by atoms with Crippen molar-refractivity contribution in [3.05, 3.63) is 86.5 Å². The first-order valence-electron chi connectivity index (χ1n) is 7.57. The molecule has 0 aliphatic rings. The predicted molar refractivity (Wildman–Crippen MR) is 96.0 cm³/mol. The zero-order chi connectivity index (χ0) is 19.6. The Labute approximate surface area is 154 Å². The molecule has 0 aromatic heterocycles. The smallest absolute Gasteiger partial charge is 0.335 e. The number of carbonyl (C=O) groups excluding carboxylic acids is 2. The van der Waals surface area contributed by atoms with Crippen molar-refractivity contribution in [2.75, 3.05) is 0 Å². The average Bonchev–Trinajstić information content (AvgIpc) is 2.69. The van der Waals surface area contributed by atoms with E-state index < -0.39 is 17.8 Å². The van der Waals surface area contributed by atoms with Gasteiger partial charge in [0.2, 0.25) is 0 Å². The molecule has 0 radical (unpaired) electrons. The third-order valence-corrected chi connectivity index (χ3v) is 3.11. The van der Waals surface area contributed by atoms with Crippen LogP contribution >= 0.6 is 0 Å². The first-order chi connectivity index (χ1) is 13.1. The molecular weight excluding hydrogens is 355 g/mol. The van der Waals surface area contributed by atoms with Crippen LogP contribution in [0.1, 0.15) is 0 Å². The number of hydrogen-bond donors (Lipinski definition) is 0. The van der Waals surface area contributed by atoms with Crippen molar-refractivity contribution in [1.29, 1.82) is 0 Å². The van der Waals surface area contributed by atoms with E-state index in [0.717, 1.165) is 37.2 Å². The number of ether oxygens (including phenoxy) is 4. The lowest BCUT2D eigenvalue weighted by Crippen LogP contribution is -1.95. The Hall–Kier alpha value is -3.87. The second-order valence-electron chi connectivity index (χ2n) is 4.79. The molecule has 6 nitrogen and oxygen atoms in total. The summed E-state index contributed by atoms with van der Waals surface area (Å²) < 4.78 is 34.3. The van der Waals surface area contributed by atoms with E-state index in [2.05, 4.69) is 22.6 Å². The van der Waals surface area contributed by atoms with Gasteiger partial charge in [0.15, 0.2) is 0 Å². The predicted octanol–water partition coefficient (Wildman–Crippen LogP) is 4.14. The Morgan fingerprint density at radius 2 is 1.41 bits per heavy atom. The number of benzene rings is 2. The number of fused-ring (bicyclic) bond motifs is 1. The number of carbonyl (C=O) groups is 2. The summed E-state index contributed by atoms with van der Waals surface area (Å²) in [5.41, 5.74) is 0. The summed E-state index contributed by atoms with van der Waals surface area (Å²) in [6.07, 6.45) is 6.27. The van der Waals surface area contributed by atoms with E-state index in [1.165, 1.54) is 18.2 Å². The molecule has 7 heteroatoms. The van der Waals surface area contributed by atoms with E-state index >= 15 is 0 Å². The Bertz CT molecular complexity index is 929. The van der Waals surface area contributed by atoms with E-state index in [0.29, 0.717) is 11.1 Å². The first-order valence-corrected chi connectivity index (χ1v) is 7.57. The van der Waals surface area contributed by atoms with E-state index in [9.17, 15) is 14.0 Å². The van der Waals surface area contributed by atoms with Gasteiger partial charge in [0.05, 0.1) is 5.39 Å². The van der Waals surface area contributed by atoms with Gasteiger partial charge in [-0.25, -0.2) is 14.0 Å². The number of hydrogen-bond acceptors (Lipinski definition) is 6. The van der Waals surface area contributed by atoms with Crippen molar-refractivity contribution in [2.45, 2.75) is 0 Å². The van der Waals surface area contributed by atoms with Crippen LogP contribution in [-0.4, -0.2) is 11.9 Å². The lowest BCUT2D eigenvalue weighted by molar-refractivity contribution is -0.133. The highest BCUT2D eigenvalue weighted by molar-refractivity contribution is 5.93. The highest BCUT2D eigenvalue weighted by Crippen LogP contribution is 2.34. The van der Waals surface area contributed by atoms with Crippen LogP contribution in [0.15, 0.2) is 80.7 Å². The van der Waals surface area contributed by atoms with Crippen molar-refractivity contribution >= 4 is 22.7 Å². The largest absolute Gasteiger partial charge is 0.461 e. The van der Waals surface area contributed by atoms with Crippen molar-refractivity contribution in [1.82, 2.24) is 0 Å². The molecule has 0 saturated carbocycles. The van der Waals surface area contributed by atoms with Gasteiger partial charge in [-0.1, -0.05) is 25.3 Å². The summed E-state index contributed by atoms with van der Waals surface area (Å²) in [5.74, 6) is -1.34. The molecular formula is C20H15FO6. The van der Waals surface area contributed by atoms with Crippen LogP contribution in [0.4, 0.5) is 4.39 Å². The molecule has 0 bridgehead atoms. The third-order valence-electron chi connectivity index (χ3n) is 3.11. The first kappa shape index (κ1) is 19.5. The minimum absolute atomic E-state index is 0.159. The quantitative estimate of drug-likeness (QED) is 0.395. The summed E-state index contributed by atoms with van der Waals surface area (Å²) in [4.78, 5) is 21.9. The van der Waals surface area contributed by atoms with Crippen LogP contribution in [-0.2, 0) is 19.1 Å². The summed E-state index contributed by atoms with van der Waals surface area (Å²) in [6, 6.07) is 7.43. The van der Waals surface area contributed by atoms with Gasteiger partial charge in [-0.15, -0.1) is 0 Å². The molecule has 2 aromatic carbocycles. The summed E-state index contributed by atoms with van der Waals surface area (Å²) in [5, 5.41) is 0.579. The maximum atomic E-state index is 14.3. The molecule has 0 N–H and O–H groups in total. The van der Waals surface area contributed by atoms with Crippen LogP contribution in [0, 0.1) is 5.82 Å². The molecule has 27 heavy (non-hydrogen) atoms. The Morgan fingerprint density at radius 1 is 0.815 bits per heavy atom. The standard InChI is InChI=1S/C20H15FO6/c1-3-18(22)26-12-10-24-16-9-8-15(21)20-14(16)6-5-7-17(20)25-11-13-27-19(23)4-2/h3-13H,1-2H2. The molecule has 138 valence electrons. The second kappa shape index (κ2) is 9.57. The lowest BCUT2D eigenvalue weighted by Gasteiger charge is -2.10. The average molecular weight is 370 g/mol. The lowest BCUT2D eigenvalue weighted by atomic mass is 10.1. The van der Waals surface area contributed by atoms with Gasteiger partial charge in [0.1, 0.15) is 42.4 Å². The van der Waals surface area contributed by atoms with Crippen LogP contribution in [0.5, 0.6) is 11.5 Å². The fourth-order valence-electron chi connectivity index (χ4n) is 1.99. The summed E-state index contributed by atoms with van der Waals surface area (Å²) >= 11 is 0. The van der Waals surface area contributed by atoms with E-state index in [1.807, 2.05) is 0 Å². The fraction of sp³-hybridized carbons (Fsp3) is 0. The van der Waals surface area contributed by atoms with Crippen molar-refractivity contribution < 1.29 is 32.9 Å². The van der Waals surface area contributed by atoms with E-state index in [4.69, 9.17) is 9.47 Å². The minimum atomic E-state index is -0.654. The van der Waals surface area contributed by atoms with Gasteiger partial charge in [-0.2, -0.15) is 0 Å². The fourth-order valence-corrected chi connectivity index (χ4v) is 1.99. The van der Waals surface area contributed by atoms with Gasteiger partial charge >= 0.3 is 11.9 Å². The molecule has 0 heterocycles. The minimum Gasteiger partial charge on any atom is -0.461 e. The molecule has 0 fully saturated rings. The van der Waals surface area contributed by atoms with Crippen LogP contribution in [0.2, 0.25) is 0 Å². The maximum absolute atomic E-state index is 14.3. The number of halogens is 1. The second-order valence-corrected chi connectivity index (χ2v) is 4.79. The van der Waals surface area contributed by atoms with Gasteiger partial charge < -0.3 is 18.9 Å². The van der Waals surface area contributed by atoms with Crippen molar-refractivity contribution in [2.24, 2.45) is 0 Å². The Morgan fingerprint density at radius 3 is 2.00 bits per heavy atom. The van der Waals surface area contributed by atoms with Gasteiger partial charge in [0, 0.05) is 17.5 Å². The molecule has 2 aromatic rings. The number of esters is 2.